The summed E-state index contributed by atoms with van der Waals surface area (Å²) in [6.07, 6.45) is 0.754. The summed E-state index contributed by atoms with van der Waals surface area (Å²) in [6.45, 7) is 12.6. The van der Waals surface area contributed by atoms with E-state index in [-0.39, 0.29) is 12.0 Å². The van der Waals surface area contributed by atoms with Gasteiger partial charge in [0, 0.05) is 25.7 Å². The molecule has 0 radical (unpaired) electrons. The van der Waals surface area contributed by atoms with Crippen LogP contribution in [0.1, 0.15) is 34.1 Å². The molecule has 0 amide bonds. The number of nitrogens with one attached hydrogen (secondary N) is 1. The molecule has 0 saturated carbocycles. The normalized spacial score (nSPS) is 20.3. The summed E-state index contributed by atoms with van der Waals surface area (Å²) in [7, 11) is 0. The SMILES string of the molecule is CCOC(=O)C(C)(CCN1CCOCC1)NC(C)C. The van der Waals surface area contributed by atoms with E-state index in [0.717, 1.165) is 39.3 Å². The van der Waals surface area contributed by atoms with E-state index in [2.05, 4.69) is 10.2 Å². The Morgan fingerprint density at radius 3 is 2.58 bits per heavy atom. The molecule has 19 heavy (non-hydrogen) atoms. The van der Waals surface area contributed by atoms with E-state index >= 15 is 0 Å². The summed E-state index contributed by atoms with van der Waals surface area (Å²) < 4.78 is 10.5. The molecule has 0 bridgehead atoms. The summed E-state index contributed by atoms with van der Waals surface area (Å²) in [5.74, 6) is -0.156. The molecule has 5 heteroatoms. The first kappa shape index (κ1) is 16.4. The van der Waals surface area contributed by atoms with Crippen LogP contribution in [0.25, 0.3) is 0 Å². The highest BCUT2D eigenvalue weighted by Gasteiger charge is 2.35. The highest BCUT2D eigenvalue weighted by molar-refractivity contribution is 5.80. The number of hydrogen-bond donors (Lipinski definition) is 1. The van der Waals surface area contributed by atoms with Gasteiger partial charge in [-0.3, -0.25) is 15.0 Å². The van der Waals surface area contributed by atoms with Crippen LogP contribution in [0.3, 0.4) is 0 Å². The van der Waals surface area contributed by atoms with Gasteiger partial charge in [0.1, 0.15) is 5.54 Å². The van der Waals surface area contributed by atoms with Gasteiger partial charge in [-0.25, -0.2) is 0 Å². The van der Waals surface area contributed by atoms with Crippen LogP contribution < -0.4 is 5.32 Å². The standard InChI is InChI=1S/C14H28N2O3/c1-5-19-13(17)14(4,15-12(2)3)6-7-16-8-10-18-11-9-16/h12,15H,5-11H2,1-4H3. The molecule has 0 aromatic rings. The second-order valence-corrected chi connectivity index (χ2v) is 5.56. The molecule has 0 aromatic carbocycles. The predicted octanol–water partition coefficient (Wildman–Crippen LogP) is 1.03. The average molecular weight is 272 g/mol. The fourth-order valence-electron chi connectivity index (χ4n) is 2.37. The minimum Gasteiger partial charge on any atom is -0.465 e. The van der Waals surface area contributed by atoms with E-state index in [1.807, 2.05) is 27.7 Å². The molecule has 1 aliphatic rings. The molecule has 1 saturated heterocycles. The molecule has 1 rings (SSSR count). The first-order chi connectivity index (χ1) is 8.98. The zero-order valence-electron chi connectivity index (χ0n) is 12.7. The van der Waals surface area contributed by atoms with Crippen molar-refractivity contribution in [2.45, 2.75) is 45.7 Å². The van der Waals surface area contributed by atoms with E-state index in [9.17, 15) is 4.79 Å². The third kappa shape index (κ3) is 5.47. The van der Waals surface area contributed by atoms with Crippen molar-refractivity contribution in [2.75, 3.05) is 39.5 Å². The fraction of sp³-hybridized carbons (Fsp3) is 0.929. The number of nitrogens with zero attached hydrogens (tertiary/aromatic N) is 1. The molecule has 1 N–H and O–H groups in total. The van der Waals surface area contributed by atoms with Crippen molar-refractivity contribution in [3.63, 3.8) is 0 Å². The van der Waals surface area contributed by atoms with Gasteiger partial charge in [-0.05, 0) is 34.1 Å². The Hall–Kier alpha value is -0.650. The van der Waals surface area contributed by atoms with Crippen molar-refractivity contribution in [3.8, 4) is 0 Å². The number of carbonyl (C=O) groups excluding carboxylic acids is 1. The lowest BCUT2D eigenvalue weighted by Crippen LogP contribution is -2.55. The molecule has 112 valence electrons. The molecule has 1 heterocycles. The Kier molecular flexibility index (Phi) is 6.75. The van der Waals surface area contributed by atoms with Crippen molar-refractivity contribution in [1.82, 2.24) is 10.2 Å². The van der Waals surface area contributed by atoms with Crippen molar-refractivity contribution in [3.05, 3.63) is 0 Å². The zero-order valence-corrected chi connectivity index (χ0v) is 12.7. The van der Waals surface area contributed by atoms with E-state index < -0.39 is 5.54 Å². The maximum absolute atomic E-state index is 12.1. The van der Waals surface area contributed by atoms with E-state index in [4.69, 9.17) is 9.47 Å². The monoisotopic (exact) mass is 272 g/mol. The minimum atomic E-state index is -0.609. The van der Waals surface area contributed by atoms with Crippen LogP contribution in [0.4, 0.5) is 0 Å². The second kappa shape index (κ2) is 7.82. The van der Waals surface area contributed by atoms with Crippen molar-refractivity contribution >= 4 is 5.97 Å². The molecule has 0 aliphatic carbocycles. The molecule has 0 aromatic heterocycles. The summed E-state index contributed by atoms with van der Waals surface area (Å²) in [5.41, 5.74) is -0.609. The summed E-state index contributed by atoms with van der Waals surface area (Å²) in [4.78, 5) is 14.5. The Balaban J connectivity index is 2.54. The lowest BCUT2D eigenvalue weighted by Gasteiger charge is -2.34. The third-order valence-corrected chi connectivity index (χ3v) is 3.36. The largest absolute Gasteiger partial charge is 0.465 e. The lowest BCUT2D eigenvalue weighted by atomic mass is 9.96. The van der Waals surface area contributed by atoms with Crippen molar-refractivity contribution in [1.29, 1.82) is 0 Å². The topological polar surface area (TPSA) is 50.8 Å². The van der Waals surface area contributed by atoms with E-state index in [1.165, 1.54) is 0 Å². The number of hydrogen-bond acceptors (Lipinski definition) is 5. The number of esters is 1. The highest BCUT2D eigenvalue weighted by Crippen LogP contribution is 2.15. The molecular weight excluding hydrogens is 244 g/mol. The van der Waals surface area contributed by atoms with Gasteiger partial charge in [0.2, 0.25) is 0 Å². The van der Waals surface area contributed by atoms with Crippen LogP contribution in [0.5, 0.6) is 0 Å². The van der Waals surface area contributed by atoms with Gasteiger partial charge in [0.05, 0.1) is 19.8 Å². The second-order valence-electron chi connectivity index (χ2n) is 5.56. The van der Waals surface area contributed by atoms with Crippen LogP contribution in [-0.2, 0) is 14.3 Å². The van der Waals surface area contributed by atoms with Gasteiger partial charge < -0.3 is 9.47 Å². The molecule has 0 spiro atoms. The van der Waals surface area contributed by atoms with Gasteiger partial charge in [0.25, 0.3) is 0 Å². The van der Waals surface area contributed by atoms with Gasteiger partial charge >= 0.3 is 5.97 Å². The Morgan fingerprint density at radius 2 is 2.05 bits per heavy atom. The van der Waals surface area contributed by atoms with Gasteiger partial charge in [0.15, 0.2) is 0 Å². The summed E-state index contributed by atoms with van der Waals surface area (Å²) >= 11 is 0. The van der Waals surface area contributed by atoms with Gasteiger partial charge in [-0.2, -0.15) is 0 Å². The Labute approximate surface area is 116 Å². The first-order valence-electron chi connectivity index (χ1n) is 7.23. The van der Waals surface area contributed by atoms with Crippen molar-refractivity contribution < 1.29 is 14.3 Å². The fourth-order valence-corrected chi connectivity index (χ4v) is 2.37. The van der Waals surface area contributed by atoms with E-state index in [1.54, 1.807) is 0 Å². The zero-order chi connectivity index (χ0) is 14.3. The molecule has 1 aliphatic heterocycles. The third-order valence-electron chi connectivity index (χ3n) is 3.36. The Morgan fingerprint density at radius 1 is 1.42 bits per heavy atom. The van der Waals surface area contributed by atoms with Crippen LogP contribution in [0.2, 0.25) is 0 Å². The lowest BCUT2D eigenvalue weighted by molar-refractivity contribution is -0.151. The van der Waals surface area contributed by atoms with Gasteiger partial charge in [-0.15, -0.1) is 0 Å². The highest BCUT2D eigenvalue weighted by atomic mass is 16.5. The van der Waals surface area contributed by atoms with Crippen LogP contribution in [-0.4, -0.2) is 61.9 Å². The van der Waals surface area contributed by atoms with Gasteiger partial charge in [-0.1, -0.05) is 0 Å². The Bertz CT molecular complexity index is 278. The molecule has 1 unspecified atom stereocenters. The number of rotatable bonds is 7. The number of ether oxygens (including phenoxy) is 2. The quantitative estimate of drug-likeness (QED) is 0.702. The molecular formula is C14H28N2O3. The van der Waals surface area contributed by atoms with Crippen LogP contribution in [0.15, 0.2) is 0 Å². The maximum Gasteiger partial charge on any atom is 0.326 e. The minimum absolute atomic E-state index is 0.156. The molecule has 1 atom stereocenters. The van der Waals surface area contributed by atoms with Crippen molar-refractivity contribution in [2.24, 2.45) is 0 Å². The van der Waals surface area contributed by atoms with E-state index in [0.29, 0.717) is 6.61 Å². The first-order valence-corrected chi connectivity index (χ1v) is 7.23. The predicted molar refractivity (Wildman–Crippen MR) is 75.2 cm³/mol. The molecule has 5 nitrogen and oxygen atoms in total. The smallest absolute Gasteiger partial charge is 0.326 e. The average Bonchev–Trinajstić information content (AvgIpc) is 2.37. The summed E-state index contributed by atoms with van der Waals surface area (Å²) in [6, 6.07) is 0.249. The van der Waals surface area contributed by atoms with Crippen LogP contribution in [0, 0.1) is 0 Å². The van der Waals surface area contributed by atoms with Crippen LogP contribution >= 0.6 is 0 Å². The molecule has 1 fully saturated rings. The maximum atomic E-state index is 12.1. The number of carbonyl (C=O) groups is 1. The number of morpholine rings is 1. The summed E-state index contributed by atoms with van der Waals surface area (Å²) in [5, 5.41) is 3.35.